The zero-order valence-corrected chi connectivity index (χ0v) is 16.8. The van der Waals surface area contributed by atoms with Crippen LogP contribution in [-0.4, -0.2) is 18.7 Å². The van der Waals surface area contributed by atoms with Crippen molar-refractivity contribution in [1.82, 2.24) is 0 Å². The Hall–Kier alpha value is -0.860. The molecule has 0 rings (SSSR count). The van der Waals surface area contributed by atoms with E-state index < -0.39 is 12.1 Å². The van der Waals surface area contributed by atoms with Gasteiger partial charge in [-0.2, -0.15) is 0 Å². The van der Waals surface area contributed by atoms with Crippen LogP contribution in [0.5, 0.6) is 0 Å². The molecule has 1 atom stereocenters. The zero-order chi connectivity index (χ0) is 18.8. The van der Waals surface area contributed by atoms with Gasteiger partial charge in [0.1, 0.15) is 6.17 Å². The molecule has 0 heterocycles. The molecular formula is C22H41FO2. The fraction of sp³-hybridized carbons (Fsp3) is 0.864. The quantitative estimate of drug-likeness (QED) is 0.146. The van der Waals surface area contributed by atoms with Gasteiger partial charge in [0.25, 0.3) is 0 Å². The van der Waals surface area contributed by atoms with E-state index in [1.165, 1.54) is 57.8 Å². The van der Waals surface area contributed by atoms with Crippen LogP contribution in [0, 0.1) is 0 Å². The summed E-state index contributed by atoms with van der Waals surface area (Å²) in [6.45, 7) is 8.36. The maximum atomic E-state index is 14.0. The summed E-state index contributed by atoms with van der Waals surface area (Å²) < 4.78 is 19.2. The van der Waals surface area contributed by atoms with Crippen molar-refractivity contribution in [2.75, 3.05) is 6.61 Å². The highest BCUT2D eigenvalue weighted by atomic mass is 19.1. The second-order valence-electron chi connectivity index (χ2n) is 7.16. The molecule has 0 fully saturated rings. The average molecular weight is 357 g/mol. The lowest BCUT2D eigenvalue weighted by Crippen LogP contribution is -2.16. The third-order valence-corrected chi connectivity index (χ3v) is 4.68. The van der Waals surface area contributed by atoms with Crippen molar-refractivity contribution < 1.29 is 13.9 Å². The molecule has 0 N–H and O–H groups in total. The molecule has 0 aliphatic carbocycles. The third-order valence-electron chi connectivity index (χ3n) is 4.68. The summed E-state index contributed by atoms with van der Waals surface area (Å²) in [5.41, 5.74) is -0.00637. The number of esters is 1. The molecule has 1 unspecified atom stereocenters. The molecule has 148 valence electrons. The number of alkyl halides is 1. The standard InChI is InChI=1S/C22H41FO2/c1-4-6-8-10-11-12-13-14-16-18-21(23)20(3)22(24)25-19-17-15-9-7-5-2/h21H,3-19H2,1-2H3. The normalized spacial score (nSPS) is 12.1. The number of ether oxygens (including phenoxy) is 1. The van der Waals surface area contributed by atoms with Crippen molar-refractivity contribution >= 4 is 5.97 Å². The third kappa shape index (κ3) is 15.1. The first-order valence-electron chi connectivity index (χ1n) is 10.6. The Morgan fingerprint density at radius 2 is 1.24 bits per heavy atom. The molecule has 0 aromatic heterocycles. The van der Waals surface area contributed by atoms with Crippen LogP contribution in [0.4, 0.5) is 4.39 Å². The number of hydrogen-bond donors (Lipinski definition) is 0. The number of halogens is 1. The number of rotatable bonds is 18. The number of unbranched alkanes of at least 4 members (excludes halogenated alkanes) is 12. The highest BCUT2D eigenvalue weighted by Crippen LogP contribution is 2.17. The highest BCUT2D eigenvalue weighted by Gasteiger charge is 2.19. The molecule has 0 aromatic rings. The first-order chi connectivity index (χ1) is 12.1. The number of hydrogen-bond acceptors (Lipinski definition) is 2. The maximum absolute atomic E-state index is 14.0. The molecule has 2 nitrogen and oxygen atoms in total. The van der Waals surface area contributed by atoms with Crippen molar-refractivity contribution in [1.29, 1.82) is 0 Å². The molecular weight excluding hydrogens is 315 g/mol. The summed E-state index contributed by atoms with van der Waals surface area (Å²) in [6, 6.07) is 0. The smallest absolute Gasteiger partial charge is 0.336 e. The first kappa shape index (κ1) is 24.1. The van der Waals surface area contributed by atoms with E-state index in [2.05, 4.69) is 20.4 Å². The van der Waals surface area contributed by atoms with E-state index in [9.17, 15) is 9.18 Å². The van der Waals surface area contributed by atoms with Crippen molar-refractivity contribution in [3.05, 3.63) is 12.2 Å². The molecule has 0 aliphatic rings. The van der Waals surface area contributed by atoms with Gasteiger partial charge in [-0.3, -0.25) is 0 Å². The first-order valence-corrected chi connectivity index (χ1v) is 10.6. The van der Waals surface area contributed by atoms with Gasteiger partial charge in [-0.1, -0.05) is 104 Å². The summed E-state index contributed by atoms with van der Waals surface area (Å²) in [7, 11) is 0. The number of carbonyl (C=O) groups is 1. The Balaban J connectivity index is 3.55. The topological polar surface area (TPSA) is 26.3 Å². The fourth-order valence-electron chi connectivity index (χ4n) is 2.90. The van der Waals surface area contributed by atoms with Crippen LogP contribution >= 0.6 is 0 Å². The highest BCUT2D eigenvalue weighted by molar-refractivity contribution is 5.88. The molecule has 0 amide bonds. The monoisotopic (exact) mass is 356 g/mol. The Kier molecular flexibility index (Phi) is 17.3. The molecule has 0 aliphatic heterocycles. The van der Waals surface area contributed by atoms with E-state index in [4.69, 9.17) is 4.74 Å². The van der Waals surface area contributed by atoms with Crippen molar-refractivity contribution in [2.24, 2.45) is 0 Å². The van der Waals surface area contributed by atoms with E-state index in [-0.39, 0.29) is 5.57 Å². The predicted molar refractivity (Wildman–Crippen MR) is 106 cm³/mol. The van der Waals surface area contributed by atoms with Crippen LogP contribution in [0.3, 0.4) is 0 Å². The molecule has 0 saturated carbocycles. The van der Waals surface area contributed by atoms with Crippen LogP contribution in [0.25, 0.3) is 0 Å². The minimum Gasteiger partial charge on any atom is -0.462 e. The van der Waals surface area contributed by atoms with Gasteiger partial charge in [0.2, 0.25) is 0 Å². The van der Waals surface area contributed by atoms with Gasteiger partial charge < -0.3 is 4.74 Å². The van der Waals surface area contributed by atoms with Gasteiger partial charge in [0, 0.05) is 0 Å². The molecule has 0 aromatic carbocycles. The summed E-state index contributed by atoms with van der Waals surface area (Å²) in [6.07, 6.45) is 15.4. The lowest BCUT2D eigenvalue weighted by Gasteiger charge is -2.11. The van der Waals surface area contributed by atoms with E-state index in [1.54, 1.807) is 0 Å². The zero-order valence-electron chi connectivity index (χ0n) is 16.8. The van der Waals surface area contributed by atoms with Gasteiger partial charge in [-0.25, -0.2) is 9.18 Å². The Labute approximate surface area is 155 Å². The van der Waals surface area contributed by atoms with E-state index in [0.717, 1.165) is 32.1 Å². The Morgan fingerprint density at radius 3 is 1.76 bits per heavy atom. The van der Waals surface area contributed by atoms with Crippen LogP contribution in [-0.2, 0) is 9.53 Å². The lowest BCUT2D eigenvalue weighted by atomic mass is 10.0. The van der Waals surface area contributed by atoms with Gasteiger partial charge in [0.05, 0.1) is 12.2 Å². The molecule has 0 spiro atoms. The predicted octanol–water partition coefficient (Wildman–Crippen LogP) is 7.32. The molecule has 3 heteroatoms. The van der Waals surface area contributed by atoms with Crippen LogP contribution in [0.2, 0.25) is 0 Å². The summed E-state index contributed by atoms with van der Waals surface area (Å²) in [5, 5.41) is 0. The molecule has 25 heavy (non-hydrogen) atoms. The van der Waals surface area contributed by atoms with Crippen molar-refractivity contribution in [3.63, 3.8) is 0 Å². The minimum atomic E-state index is -1.25. The summed E-state index contributed by atoms with van der Waals surface area (Å²) in [4.78, 5) is 11.8. The lowest BCUT2D eigenvalue weighted by molar-refractivity contribution is -0.139. The maximum Gasteiger partial charge on any atom is 0.336 e. The van der Waals surface area contributed by atoms with Gasteiger partial charge in [-0.05, 0) is 12.8 Å². The van der Waals surface area contributed by atoms with Crippen molar-refractivity contribution in [3.8, 4) is 0 Å². The van der Waals surface area contributed by atoms with E-state index in [0.29, 0.717) is 13.0 Å². The number of carbonyl (C=O) groups excluding carboxylic acids is 1. The van der Waals surface area contributed by atoms with E-state index >= 15 is 0 Å². The minimum absolute atomic E-state index is 0.00637. The van der Waals surface area contributed by atoms with Crippen LogP contribution in [0.15, 0.2) is 12.2 Å². The molecule has 0 bridgehead atoms. The second kappa shape index (κ2) is 17.9. The molecule has 0 saturated heterocycles. The SMILES string of the molecule is C=C(C(=O)OCCCCCCC)C(F)CCCCCCCCCCC. The largest absolute Gasteiger partial charge is 0.462 e. The van der Waals surface area contributed by atoms with Gasteiger partial charge in [-0.15, -0.1) is 0 Å². The van der Waals surface area contributed by atoms with Crippen LogP contribution in [0.1, 0.15) is 110 Å². The fourth-order valence-corrected chi connectivity index (χ4v) is 2.90. The summed E-state index contributed by atoms with van der Waals surface area (Å²) >= 11 is 0. The van der Waals surface area contributed by atoms with Crippen molar-refractivity contribution in [2.45, 2.75) is 116 Å². The van der Waals surface area contributed by atoms with Gasteiger partial charge in [0.15, 0.2) is 0 Å². The van der Waals surface area contributed by atoms with Gasteiger partial charge >= 0.3 is 5.97 Å². The second-order valence-corrected chi connectivity index (χ2v) is 7.16. The Bertz CT molecular complexity index is 328. The molecule has 0 radical (unpaired) electrons. The Morgan fingerprint density at radius 1 is 0.800 bits per heavy atom. The van der Waals surface area contributed by atoms with Crippen LogP contribution < -0.4 is 0 Å². The van der Waals surface area contributed by atoms with E-state index in [1.807, 2.05) is 0 Å². The average Bonchev–Trinajstić information content (AvgIpc) is 2.62. The summed E-state index contributed by atoms with van der Waals surface area (Å²) in [5.74, 6) is -0.557.